The van der Waals surface area contributed by atoms with E-state index in [2.05, 4.69) is 20.8 Å². The summed E-state index contributed by atoms with van der Waals surface area (Å²) in [6.45, 7) is -0.799. The molecule has 1 heterocycles. The van der Waals surface area contributed by atoms with Crippen LogP contribution in [0.25, 0.3) is 11.5 Å². The standard InChI is InChI=1S/C19H17N5O7/c25-9-8-20-15-7-6-13(24(28)29)10-14(15)18(27)30-11-16(26)21-19-23-22-17(31-19)12-4-2-1-3-5-12/h1-7,10,20,25H,8-9,11H2,(H,21,23,26). The van der Waals surface area contributed by atoms with Gasteiger partial charge in [-0.15, -0.1) is 5.10 Å². The number of amides is 1. The minimum absolute atomic E-state index is 0.111. The molecule has 0 atom stereocenters. The van der Waals surface area contributed by atoms with Gasteiger partial charge in [-0.05, 0) is 18.2 Å². The number of aliphatic hydroxyl groups is 1. The molecule has 3 rings (SSSR count). The molecule has 31 heavy (non-hydrogen) atoms. The Morgan fingerprint density at radius 1 is 1.16 bits per heavy atom. The van der Waals surface area contributed by atoms with Crippen molar-refractivity contribution in [3.05, 3.63) is 64.2 Å². The summed E-state index contributed by atoms with van der Waals surface area (Å²) >= 11 is 0. The van der Waals surface area contributed by atoms with Crippen LogP contribution in [0.1, 0.15) is 10.4 Å². The number of benzene rings is 2. The van der Waals surface area contributed by atoms with Gasteiger partial charge in [-0.25, -0.2) is 4.79 Å². The van der Waals surface area contributed by atoms with Crippen LogP contribution in [0.4, 0.5) is 17.4 Å². The zero-order chi connectivity index (χ0) is 22.2. The predicted molar refractivity (Wildman–Crippen MR) is 107 cm³/mol. The number of nitro groups is 1. The molecule has 12 nitrogen and oxygen atoms in total. The molecule has 12 heteroatoms. The number of nitrogens with one attached hydrogen (secondary N) is 2. The van der Waals surface area contributed by atoms with Gasteiger partial charge in [0.25, 0.3) is 11.6 Å². The van der Waals surface area contributed by atoms with Gasteiger partial charge in [0, 0.05) is 29.9 Å². The number of carbonyl (C=O) groups excluding carboxylic acids is 2. The number of nitro benzene ring substituents is 1. The molecule has 0 aliphatic rings. The topological polar surface area (TPSA) is 170 Å². The lowest BCUT2D eigenvalue weighted by atomic mass is 10.1. The van der Waals surface area contributed by atoms with Gasteiger partial charge >= 0.3 is 12.0 Å². The number of ether oxygens (including phenoxy) is 1. The smallest absolute Gasteiger partial charge is 0.341 e. The summed E-state index contributed by atoms with van der Waals surface area (Å²) in [6.07, 6.45) is 0. The van der Waals surface area contributed by atoms with E-state index in [1.807, 2.05) is 6.07 Å². The van der Waals surface area contributed by atoms with E-state index >= 15 is 0 Å². The molecule has 3 N–H and O–H groups in total. The van der Waals surface area contributed by atoms with E-state index in [0.29, 0.717) is 5.56 Å². The van der Waals surface area contributed by atoms with E-state index in [-0.39, 0.29) is 42.0 Å². The fourth-order valence-corrected chi connectivity index (χ4v) is 2.49. The molecule has 1 amide bonds. The van der Waals surface area contributed by atoms with Crippen molar-refractivity contribution in [2.24, 2.45) is 0 Å². The first-order chi connectivity index (χ1) is 15.0. The number of hydrogen-bond donors (Lipinski definition) is 3. The zero-order valence-electron chi connectivity index (χ0n) is 16.0. The number of nitrogens with zero attached hydrogens (tertiary/aromatic N) is 3. The summed E-state index contributed by atoms with van der Waals surface area (Å²) in [5.74, 6) is -1.51. The van der Waals surface area contributed by atoms with Crippen LogP contribution in [0, 0.1) is 10.1 Å². The summed E-state index contributed by atoms with van der Waals surface area (Å²) in [5, 5.41) is 32.5. The number of non-ortho nitro benzene ring substituents is 1. The lowest BCUT2D eigenvalue weighted by Crippen LogP contribution is -2.22. The summed E-state index contributed by atoms with van der Waals surface area (Å²) in [5.41, 5.74) is 0.398. The molecule has 0 aliphatic carbocycles. The Balaban J connectivity index is 1.62. The summed E-state index contributed by atoms with van der Waals surface area (Å²) in [7, 11) is 0. The van der Waals surface area contributed by atoms with Crippen LogP contribution in [-0.2, 0) is 9.53 Å². The molecule has 160 valence electrons. The van der Waals surface area contributed by atoms with Crippen LogP contribution in [0.3, 0.4) is 0 Å². The van der Waals surface area contributed by atoms with E-state index in [0.717, 1.165) is 6.07 Å². The van der Waals surface area contributed by atoms with Gasteiger partial charge in [0.15, 0.2) is 6.61 Å². The van der Waals surface area contributed by atoms with Crippen molar-refractivity contribution in [1.82, 2.24) is 10.2 Å². The molecule has 0 radical (unpaired) electrons. The lowest BCUT2D eigenvalue weighted by molar-refractivity contribution is -0.384. The van der Waals surface area contributed by atoms with Crippen LogP contribution in [0.5, 0.6) is 0 Å². The normalized spacial score (nSPS) is 10.4. The number of esters is 1. The van der Waals surface area contributed by atoms with E-state index < -0.39 is 23.4 Å². The molecule has 2 aromatic carbocycles. The molecule has 0 spiro atoms. The number of hydrogen-bond acceptors (Lipinski definition) is 10. The third-order valence-corrected chi connectivity index (χ3v) is 3.89. The molecule has 0 aliphatic heterocycles. The van der Waals surface area contributed by atoms with Crippen molar-refractivity contribution in [2.45, 2.75) is 0 Å². The zero-order valence-corrected chi connectivity index (χ0v) is 16.0. The minimum Gasteiger partial charge on any atom is -0.452 e. The van der Waals surface area contributed by atoms with Gasteiger partial charge < -0.3 is 19.6 Å². The van der Waals surface area contributed by atoms with Crippen LogP contribution in [0.2, 0.25) is 0 Å². The monoisotopic (exact) mass is 427 g/mol. The second kappa shape index (κ2) is 9.93. The first kappa shape index (κ1) is 21.4. The van der Waals surface area contributed by atoms with Crippen LogP contribution in [0.15, 0.2) is 52.9 Å². The highest BCUT2D eigenvalue weighted by molar-refractivity contribution is 5.98. The third-order valence-electron chi connectivity index (χ3n) is 3.89. The second-order valence-corrected chi connectivity index (χ2v) is 6.04. The quantitative estimate of drug-likeness (QED) is 0.260. The van der Waals surface area contributed by atoms with Crippen LogP contribution in [-0.4, -0.2) is 51.9 Å². The van der Waals surface area contributed by atoms with E-state index in [4.69, 9.17) is 14.3 Å². The molecule has 0 saturated heterocycles. The highest BCUT2D eigenvalue weighted by Gasteiger charge is 2.20. The van der Waals surface area contributed by atoms with Crippen molar-refractivity contribution in [1.29, 1.82) is 0 Å². The summed E-state index contributed by atoms with van der Waals surface area (Å²) < 4.78 is 10.3. The largest absolute Gasteiger partial charge is 0.452 e. The molecular weight excluding hydrogens is 410 g/mol. The van der Waals surface area contributed by atoms with E-state index in [1.165, 1.54) is 12.1 Å². The maximum absolute atomic E-state index is 12.4. The van der Waals surface area contributed by atoms with Crippen molar-refractivity contribution in [3.63, 3.8) is 0 Å². The summed E-state index contributed by atoms with van der Waals surface area (Å²) in [6, 6.07) is 12.2. The van der Waals surface area contributed by atoms with Crippen molar-refractivity contribution < 1.29 is 28.8 Å². The fraction of sp³-hybridized carbons (Fsp3) is 0.158. The van der Waals surface area contributed by atoms with Crippen molar-refractivity contribution in [3.8, 4) is 11.5 Å². The van der Waals surface area contributed by atoms with E-state index in [9.17, 15) is 19.7 Å². The van der Waals surface area contributed by atoms with Crippen molar-refractivity contribution in [2.75, 3.05) is 30.4 Å². The number of anilines is 2. The Kier molecular flexibility index (Phi) is 6.85. The van der Waals surface area contributed by atoms with Crippen LogP contribution >= 0.6 is 0 Å². The number of carbonyl (C=O) groups is 2. The number of aromatic nitrogens is 2. The molecule has 0 saturated carbocycles. The molecule has 0 bridgehead atoms. The molecule has 0 fully saturated rings. The van der Waals surface area contributed by atoms with Gasteiger partial charge in [-0.3, -0.25) is 20.2 Å². The number of aliphatic hydroxyl groups excluding tert-OH is 1. The van der Waals surface area contributed by atoms with Gasteiger partial charge in [0.2, 0.25) is 5.89 Å². The Morgan fingerprint density at radius 3 is 2.65 bits per heavy atom. The Morgan fingerprint density at radius 2 is 1.94 bits per heavy atom. The Hall–Kier alpha value is -4.32. The molecule has 3 aromatic rings. The second-order valence-electron chi connectivity index (χ2n) is 6.04. The maximum atomic E-state index is 12.4. The Labute approximate surface area is 175 Å². The maximum Gasteiger partial charge on any atom is 0.341 e. The third kappa shape index (κ3) is 5.61. The minimum atomic E-state index is -0.963. The highest BCUT2D eigenvalue weighted by Crippen LogP contribution is 2.23. The van der Waals surface area contributed by atoms with E-state index in [1.54, 1.807) is 24.3 Å². The number of rotatable bonds is 9. The summed E-state index contributed by atoms with van der Waals surface area (Å²) in [4.78, 5) is 34.7. The first-order valence-corrected chi connectivity index (χ1v) is 8.97. The van der Waals surface area contributed by atoms with Gasteiger partial charge in [0.1, 0.15) is 0 Å². The van der Waals surface area contributed by atoms with Gasteiger partial charge in [-0.2, -0.15) is 0 Å². The molecule has 1 aromatic heterocycles. The fourth-order valence-electron chi connectivity index (χ4n) is 2.49. The van der Waals surface area contributed by atoms with Crippen molar-refractivity contribution >= 4 is 29.3 Å². The van der Waals surface area contributed by atoms with Gasteiger partial charge in [0.05, 0.1) is 17.1 Å². The van der Waals surface area contributed by atoms with Gasteiger partial charge in [-0.1, -0.05) is 23.3 Å². The predicted octanol–water partition coefficient (Wildman–Crippen LogP) is 1.84. The average molecular weight is 427 g/mol. The molecular formula is C19H17N5O7. The highest BCUT2D eigenvalue weighted by atomic mass is 16.6. The van der Waals surface area contributed by atoms with Crippen LogP contribution < -0.4 is 10.6 Å². The average Bonchev–Trinajstić information content (AvgIpc) is 3.24. The lowest BCUT2D eigenvalue weighted by Gasteiger charge is -2.10. The first-order valence-electron chi connectivity index (χ1n) is 8.97. The molecule has 0 unspecified atom stereocenters. The Bertz CT molecular complexity index is 1080. The SMILES string of the molecule is O=C(COC(=O)c1cc([N+](=O)[O-])ccc1NCCO)Nc1nnc(-c2ccccc2)o1.